The molecular formula is C17H21N3O3S. The molecule has 0 spiro atoms. The van der Waals surface area contributed by atoms with E-state index in [0.29, 0.717) is 6.54 Å². The number of hydrogen-bond donors (Lipinski definition) is 1. The number of amides is 1. The quantitative estimate of drug-likeness (QED) is 0.901. The molecule has 1 N–H and O–H groups in total. The Hall–Kier alpha value is -2.15. The van der Waals surface area contributed by atoms with Gasteiger partial charge in [-0.3, -0.25) is 9.69 Å². The van der Waals surface area contributed by atoms with Crippen LogP contribution in [0.25, 0.3) is 11.3 Å². The van der Waals surface area contributed by atoms with Gasteiger partial charge in [0.1, 0.15) is 10.6 Å². The number of hydrogen-bond acceptors (Lipinski definition) is 5. The van der Waals surface area contributed by atoms with E-state index in [9.17, 15) is 9.59 Å². The third-order valence-corrected chi connectivity index (χ3v) is 4.70. The lowest BCUT2D eigenvalue weighted by atomic mass is 10.2. The Balaban J connectivity index is 1.81. The van der Waals surface area contributed by atoms with Crippen LogP contribution in [0.3, 0.4) is 0 Å². The summed E-state index contributed by atoms with van der Waals surface area (Å²) in [4.78, 5) is 32.9. The summed E-state index contributed by atoms with van der Waals surface area (Å²) >= 11 is 1.51. The Kier molecular flexibility index (Phi) is 4.45. The second-order valence-electron chi connectivity index (χ2n) is 6.84. The van der Waals surface area contributed by atoms with Crippen LogP contribution in [0.5, 0.6) is 0 Å². The lowest BCUT2D eigenvalue weighted by Crippen LogP contribution is -2.36. The molecule has 1 atom stereocenters. The molecule has 0 aromatic carbocycles. The molecule has 0 unspecified atom stereocenters. The summed E-state index contributed by atoms with van der Waals surface area (Å²) in [6.45, 7) is 6.28. The third-order valence-electron chi connectivity index (χ3n) is 3.76. The number of aromatic nitrogens is 2. The summed E-state index contributed by atoms with van der Waals surface area (Å²) in [5.41, 5.74) is 0.877. The monoisotopic (exact) mass is 347 g/mol. The Morgan fingerprint density at radius 3 is 2.96 bits per heavy atom. The van der Waals surface area contributed by atoms with Crippen LogP contribution in [0.2, 0.25) is 0 Å². The van der Waals surface area contributed by atoms with Crippen LogP contribution in [0.1, 0.15) is 44.7 Å². The first-order valence-corrected chi connectivity index (χ1v) is 8.85. The van der Waals surface area contributed by atoms with E-state index < -0.39 is 5.60 Å². The van der Waals surface area contributed by atoms with E-state index in [1.165, 1.54) is 17.4 Å². The van der Waals surface area contributed by atoms with Gasteiger partial charge in [-0.2, -0.15) is 0 Å². The van der Waals surface area contributed by atoms with E-state index in [1.807, 2.05) is 32.2 Å². The number of pyridine rings is 1. The van der Waals surface area contributed by atoms with Gasteiger partial charge in [-0.25, -0.2) is 9.78 Å². The van der Waals surface area contributed by atoms with Gasteiger partial charge < -0.3 is 9.72 Å². The van der Waals surface area contributed by atoms with E-state index in [2.05, 4.69) is 9.97 Å². The maximum absolute atomic E-state index is 12.4. The zero-order chi connectivity index (χ0) is 17.3. The van der Waals surface area contributed by atoms with Gasteiger partial charge in [-0.1, -0.05) is 0 Å². The van der Waals surface area contributed by atoms with Gasteiger partial charge >= 0.3 is 6.09 Å². The molecule has 0 aliphatic carbocycles. The Morgan fingerprint density at radius 2 is 2.25 bits per heavy atom. The Morgan fingerprint density at radius 1 is 1.46 bits per heavy atom. The summed E-state index contributed by atoms with van der Waals surface area (Å²) < 4.78 is 5.50. The maximum atomic E-state index is 12.4. The maximum Gasteiger partial charge on any atom is 0.410 e. The normalized spacial score (nSPS) is 18.0. The first kappa shape index (κ1) is 16.7. The molecule has 1 fully saturated rings. The standard InChI is InChI=1S/C17H21N3O3S/c1-17(2,3)23-16(22)20-8-4-5-13(20)15-19-12(10-24-15)11-6-7-18-14(21)9-11/h6-7,9-10,13H,4-5,8H2,1-3H3,(H,18,21)/t13-/m1/s1. The fourth-order valence-corrected chi connectivity index (χ4v) is 3.71. The van der Waals surface area contributed by atoms with Crippen molar-refractivity contribution in [1.29, 1.82) is 0 Å². The molecule has 1 amide bonds. The van der Waals surface area contributed by atoms with Gasteiger partial charge in [0.05, 0.1) is 11.7 Å². The number of rotatable bonds is 2. The van der Waals surface area contributed by atoms with Gasteiger partial charge in [0.25, 0.3) is 0 Å². The second-order valence-corrected chi connectivity index (χ2v) is 7.73. The Bertz CT molecular complexity index is 791. The van der Waals surface area contributed by atoms with Gasteiger partial charge in [0.15, 0.2) is 0 Å². The molecule has 1 aliphatic rings. The minimum Gasteiger partial charge on any atom is -0.444 e. The van der Waals surface area contributed by atoms with Crippen LogP contribution in [-0.4, -0.2) is 33.1 Å². The number of likely N-dealkylation sites (tertiary alicyclic amines) is 1. The topological polar surface area (TPSA) is 75.3 Å². The van der Waals surface area contributed by atoms with Crippen molar-refractivity contribution in [3.05, 3.63) is 39.1 Å². The van der Waals surface area contributed by atoms with Crippen LogP contribution < -0.4 is 5.56 Å². The second kappa shape index (κ2) is 6.39. The molecule has 1 saturated heterocycles. The van der Waals surface area contributed by atoms with Crippen molar-refractivity contribution >= 4 is 17.4 Å². The molecule has 3 rings (SSSR count). The SMILES string of the molecule is CC(C)(C)OC(=O)N1CCC[C@@H]1c1nc(-c2cc[nH]c(=O)c2)cs1. The van der Waals surface area contributed by atoms with Crippen LogP contribution >= 0.6 is 11.3 Å². The number of nitrogens with one attached hydrogen (secondary N) is 1. The van der Waals surface area contributed by atoms with Gasteiger partial charge in [-0.05, 0) is 39.7 Å². The molecule has 128 valence electrons. The highest BCUT2D eigenvalue weighted by Gasteiger charge is 2.34. The number of nitrogens with zero attached hydrogens (tertiary/aromatic N) is 2. The highest BCUT2D eigenvalue weighted by atomic mass is 32.1. The van der Waals surface area contributed by atoms with Crippen molar-refractivity contribution in [2.75, 3.05) is 6.54 Å². The van der Waals surface area contributed by atoms with E-state index in [-0.39, 0.29) is 17.7 Å². The summed E-state index contributed by atoms with van der Waals surface area (Å²) in [7, 11) is 0. The highest BCUT2D eigenvalue weighted by molar-refractivity contribution is 7.10. The van der Waals surface area contributed by atoms with Crippen molar-refractivity contribution in [3.63, 3.8) is 0 Å². The van der Waals surface area contributed by atoms with Gasteiger partial charge in [-0.15, -0.1) is 11.3 Å². The number of carbonyl (C=O) groups is 1. The highest BCUT2D eigenvalue weighted by Crippen LogP contribution is 2.36. The van der Waals surface area contributed by atoms with Crippen molar-refractivity contribution < 1.29 is 9.53 Å². The molecule has 2 aromatic heterocycles. The Labute approximate surface area is 144 Å². The molecule has 0 radical (unpaired) electrons. The number of carbonyl (C=O) groups excluding carboxylic acids is 1. The largest absolute Gasteiger partial charge is 0.444 e. The molecule has 0 saturated carbocycles. The zero-order valence-electron chi connectivity index (χ0n) is 14.0. The predicted molar refractivity (Wildman–Crippen MR) is 93.1 cm³/mol. The molecule has 7 heteroatoms. The molecule has 6 nitrogen and oxygen atoms in total. The summed E-state index contributed by atoms with van der Waals surface area (Å²) in [5, 5.41) is 2.81. The number of aromatic amines is 1. The minimum atomic E-state index is -0.511. The number of ether oxygens (including phenoxy) is 1. The predicted octanol–water partition coefficient (Wildman–Crippen LogP) is 3.57. The van der Waals surface area contributed by atoms with Crippen LogP contribution in [-0.2, 0) is 4.74 Å². The molecule has 0 bridgehead atoms. The molecule has 3 heterocycles. The van der Waals surface area contributed by atoms with Crippen molar-refractivity contribution in [1.82, 2.24) is 14.9 Å². The first-order valence-electron chi connectivity index (χ1n) is 7.98. The fraction of sp³-hybridized carbons (Fsp3) is 0.471. The molecule has 24 heavy (non-hydrogen) atoms. The number of H-pyrrole nitrogens is 1. The van der Waals surface area contributed by atoms with Crippen molar-refractivity contribution in [2.45, 2.75) is 45.3 Å². The molecule has 2 aromatic rings. The van der Waals surface area contributed by atoms with E-state index in [1.54, 1.807) is 11.1 Å². The van der Waals surface area contributed by atoms with Crippen molar-refractivity contribution in [2.24, 2.45) is 0 Å². The van der Waals surface area contributed by atoms with Crippen molar-refractivity contribution in [3.8, 4) is 11.3 Å². The lowest BCUT2D eigenvalue weighted by molar-refractivity contribution is 0.0224. The smallest absolute Gasteiger partial charge is 0.410 e. The van der Waals surface area contributed by atoms with Crippen LogP contribution in [0, 0.1) is 0 Å². The average Bonchev–Trinajstić information content (AvgIpc) is 3.14. The summed E-state index contributed by atoms with van der Waals surface area (Å²) in [5.74, 6) is 0. The summed E-state index contributed by atoms with van der Waals surface area (Å²) in [6, 6.07) is 3.29. The number of thiazole rings is 1. The summed E-state index contributed by atoms with van der Waals surface area (Å²) in [6.07, 6.45) is 3.13. The average molecular weight is 347 g/mol. The molecule has 1 aliphatic heterocycles. The first-order chi connectivity index (χ1) is 11.3. The van der Waals surface area contributed by atoms with Crippen LogP contribution in [0.15, 0.2) is 28.5 Å². The van der Waals surface area contributed by atoms with Crippen LogP contribution in [0.4, 0.5) is 4.79 Å². The van der Waals surface area contributed by atoms with Gasteiger partial charge in [0.2, 0.25) is 5.56 Å². The van der Waals surface area contributed by atoms with E-state index >= 15 is 0 Å². The fourth-order valence-electron chi connectivity index (χ4n) is 2.74. The minimum absolute atomic E-state index is 0.0550. The molecular weight excluding hydrogens is 326 g/mol. The van der Waals surface area contributed by atoms with E-state index in [0.717, 1.165) is 29.1 Å². The zero-order valence-corrected chi connectivity index (χ0v) is 14.9. The van der Waals surface area contributed by atoms with Gasteiger partial charge in [0, 0.05) is 29.8 Å². The third kappa shape index (κ3) is 3.67. The lowest BCUT2D eigenvalue weighted by Gasteiger charge is -2.27. The van der Waals surface area contributed by atoms with E-state index in [4.69, 9.17) is 4.74 Å².